The lowest BCUT2D eigenvalue weighted by Gasteiger charge is -2.31. The van der Waals surface area contributed by atoms with E-state index in [0.29, 0.717) is 21.8 Å². The molecule has 42 heavy (non-hydrogen) atoms. The SMILES string of the molecule is COc1ccc2c(c1)C(c1ccc(Cl)cc1)=NC(CC(=O)NCCNC(=O)c1ccc(B(O)O)cc1)C1NNC(C)N21. The second kappa shape index (κ2) is 12.9. The zero-order valence-electron chi connectivity index (χ0n) is 23.2. The molecule has 218 valence electrons. The Morgan fingerprint density at radius 1 is 1.02 bits per heavy atom. The molecule has 3 atom stereocenters. The molecule has 0 spiro atoms. The Morgan fingerprint density at radius 3 is 2.43 bits per heavy atom. The van der Waals surface area contributed by atoms with E-state index in [9.17, 15) is 19.6 Å². The van der Waals surface area contributed by atoms with Gasteiger partial charge in [-0.05, 0) is 54.9 Å². The molecular formula is C29H32BClN6O5. The smallest absolute Gasteiger partial charge is 0.488 e. The lowest BCUT2D eigenvalue weighted by atomic mass is 9.80. The summed E-state index contributed by atoms with van der Waals surface area (Å²) in [6, 6.07) is 18.8. The quantitative estimate of drug-likeness (QED) is 0.158. The number of carbonyl (C=O) groups is 2. The van der Waals surface area contributed by atoms with E-state index in [2.05, 4.69) is 26.4 Å². The second-order valence-corrected chi connectivity index (χ2v) is 10.5. The van der Waals surface area contributed by atoms with Gasteiger partial charge in [0, 0.05) is 40.5 Å². The third-order valence-corrected chi connectivity index (χ3v) is 7.52. The highest BCUT2D eigenvalue weighted by Gasteiger charge is 2.40. The monoisotopic (exact) mass is 590 g/mol. The first-order valence-electron chi connectivity index (χ1n) is 13.6. The van der Waals surface area contributed by atoms with Crippen molar-refractivity contribution < 1.29 is 24.4 Å². The summed E-state index contributed by atoms with van der Waals surface area (Å²) in [6.07, 6.45) is -0.274. The van der Waals surface area contributed by atoms with Gasteiger partial charge in [0.15, 0.2) is 0 Å². The summed E-state index contributed by atoms with van der Waals surface area (Å²) in [6.45, 7) is 2.48. The van der Waals surface area contributed by atoms with Crippen molar-refractivity contribution >= 4 is 47.4 Å². The zero-order chi connectivity index (χ0) is 29.8. The van der Waals surface area contributed by atoms with Crippen molar-refractivity contribution in [3.05, 3.63) is 88.4 Å². The van der Waals surface area contributed by atoms with Gasteiger partial charge in [-0.2, -0.15) is 0 Å². The maximum Gasteiger partial charge on any atom is 0.488 e. The first kappa shape index (κ1) is 29.6. The number of aliphatic imine (C=N–C) groups is 1. The molecule has 5 rings (SSSR count). The predicted octanol–water partition coefficient (Wildman–Crippen LogP) is 0.771. The van der Waals surface area contributed by atoms with Gasteiger partial charge < -0.3 is 30.3 Å². The van der Waals surface area contributed by atoms with Gasteiger partial charge in [0.25, 0.3) is 5.91 Å². The molecule has 2 heterocycles. The average molecular weight is 591 g/mol. The molecule has 2 aliphatic rings. The Hall–Kier alpha value is -3.94. The van der Waals surface area contributed by atoms with Crippen molar-refractivity contribution in [2.24, 2.45) is 4.99 Å². The lowest BCUT2D eigenvalue weighted by molar-refractivity contribution is -0.121. The number of methoxy groups -OCH3 is 1. The molecule has 13 heteroatoms. The largest absolute Gasteiger partial charge is 0.497 e. The minimum atomic E-state index is -1.60. The molecule has 3 aromatic rings. The number of benzene rings is 3. The standard InChI is InChI=1S/C29H32BClN6O5/c1-17-35-36-28-24(16-26(38)32-13-14-33-29(39)19-3-7-20(8-4-19)30(40)41)34-27(18-5-9-21(31)10-6-18)23-15-22(42-2)11-12-25(23)37(17)28/h3-12,15,17,24,28,35-36,40-41H,13-14,16H2,1-2H3,(H,32,38)(H,33,39). The van der Waals surface area contributed by atoms with E-state index >= 15 is 0 Å². The van der Waals surface area contributed by atoms with Crippen LogP contribution >= 0.6 is 11.6 Å². The van der Waals surface area contributed by atoms with Gasteiger partial charge >= 0.3 is 7.12 Å². The summed E-state index contributed by atoms with van der Waals surface area (Å²) >= 11 is 6.17. The number of nitrogens with one attached hydrogen (secondary N) is 4. The molecule has 0 aliphatic carbocycles. The van der Waals surface area contributed by atoms with E-state index < -0.39 is 13.2 Å². The van der Waals surface area contributed by atoms with Gasteiger partial charge in [-0.15, -0.1) is 0 Å². The Labute approximate surface area is 249 Å². The van der Waals surface area contributed by atoms with Gasteiger partial charge in [0.05, 0.1) is 31.4 Å². The molecule has 0 radical (unpaired) electrons. The third kappa shape index (κ3) is 6.43. The van der Waals surface area contributed by atoms with Crippen molar-refractivity contribution in [1.29, 1.82) is 0 Å². The molecule has 3 aromatic carbocycles. The number of nitrogens with zero attached hydrogens (tertiary/aromatic N) is 2. The van der Waals surface area contributed by atoms with E-state index in [4.69, 9.17) is 21.3 Å². The number of rotatable bonds is 9. The van der Waals surface area contributed by atoms with Crippen LogP contribution in [0.5, 0.6) is 5.75 Å². The second-order valence-electron chi connectivity index (χ2n) is 10.1. The molecular weight excluding hydrogens is 559 g/mol. The number of carbonyl (C=O) groups excluding carboxylic acids is 2. The maximum absolute atomic E-state index is 13.1. The van der Waals surface area contributed by atoms with Crippen LogP contribution < -0.4 is 36.6 Å². The minimum absolute atomic E-state index is 0.0719. The molecule has 0 aromatic heterocycles. The van der Waals surface area contributed by atoms with Crippen LogP contribution in [0, 0.1) is 0 Å². The Morgan fingerprint density at radius 2 is 1.74 bits per heavy atom. The number of anilines is 1. The van der Waals surface area contributed by atoms with Crippen LogP contribution in [0.15, 0.2) is 71.7 Å². The topological polar surface area (TPSA) is 148 Å². The van der Waals surface area contributed by atoms with Gasteiger partial charge in [0.2, 0.25) is 5.91 Å². The summed E-state index contributed by atoms with van der Waals surface area (Å²) < 4.78 is 5.53. The molecule has 0 bridgehead atoms. The minimum Gasteiger partial charge on any atom is -0.497 e. The first-order chi connectivity index (χ1) is 20.2. The number of hydrogen-bond donors (Lipinski definition) is 6. The van der Waals surface area contributed by atoms with Crippen molar-refractivity contribution in [2.75, 3.05) is 25.1 Å². The molecule has 2 aliphatic heterocycles. The summed E-state index contributed by atoms with van der Waals surface area (Å²) in [7, 11) is 0.0234. The molecule has 6 N–H and O–H groups in total. The highest BCUT2D eigenvalue weighted by molar-refractivity contribution is 6.58. The summed E-state index contributed by atoms with van der Waals surface area (Å²) in [5.41, 5.74) is 10.7. The van der Waals surface area contributed by atoms with Crippen LogP contribution in [-0.2, 0) is 4.79 Å². The fraction of sp³-hybridized carbons (Fsp3) is 0.276. The van der Waals surface area contributed by atoms with Crippen molar-refractivity contribution in [2.45, 2.75) is 31.7 Å². The van der Waals surface area contributed by atoms with Crippen molar-refractivity contribution in [3.8, 4) is 5.75 Å². The summed E-state index contributed by atoms with van der Waals surface area (Å²) in [4.78, 5) is 32.9. The molecule has 11 nitrogen and oxygen atoms in total. The lowest BCUT2D eigenvalue weighted by Crippen LogP contribution is -2.48. The van der Waals surface area contributed by atoms with Crippen LogP contribution in [0.2, 0.25) is 5.02 Å². The van der Waals surface area contributed by atoms with Crippen LogP contribution in [0.3, 0.4) is 0 Å². The first-order valence-corrected chi connectivity index (χ1v) is 14.0. The number of halogens is 1. The molecule has 3 unspecified atom stereocenters. The molecule has 1 saturated heterocycles. The fourth-order valence-corrected chi connectivity index (χ4v) is 5.26. The number of hydrogen-bond acceptors (Lipinski definition) is 9. The number of hydrazine groups is 1. The Kier molecular flexibility index (Phi) is 9.10. The van der Waals surface area contributed by atoms with Crippen molar-refractivity contribution in [3.63, 3.8) is 0 Å². The van der Waals surface area contributed by atoms with E-state index in [1.807, 2.05) is 49.4 Å². The van der Waals surface area contributed by atoms with Crippen LogP contribution in [0.25, 0.3) is 0 Å². The summed E-state index contributed by atoms with van der Waals surface area (Å²) in [5, 5.41) is 24.7. The zero-order valence-corrected chi connectivity index (χ0v) is 23.9. The highest BCUT2D eigenvalue weighted by atomic mass is 35.5. The van der Waals surface area contributed by atoms with Crippen LogP contribution in [-0.4, -0.2) is 73.3 Å². The van der Waals surface area contributed by atoms with Crippen molar-refractivity contribution in [1.82, 2.24) is 21.5 Å². The van der Waals surface area contributed by atoms with Gasteiger partial charge in [-0.3, -0.25) is 14.6 Å². The normalized spacial score (nSPS) is 19.2. The molecule has 0 saturated carbocycles. The number of amides is 2. The van der Waals surface area contributed by atoms with E-state index in [1.165, 1.54) is 24.3 Å². The molecule has 2 amide bonds. The van der Waals surface area contributed by atoms with Gasteiger partial charge in [0.1, 0.15) is 11.9 Å². The van der Waals surface area contributed by atoms with Crippen LogP contribution in [0.1, 0.15) is 34.8 Å². The van der Waals surface area contributed by atoms with E-state index in [0.717, 1.165) is 22.5 Å². The molecule has 1 fully saturated rings. The predicted molar refractivity (Wildman–Crippen MR) is 162 cm³/mol. The van der Waals surface area contributed by atoms with Gasteiger partial charge in [-0.1, -0.05) is 35.9 Å². The number of ether oxygens (including phenoxy) is 1. The van der Waals surface area contributed by atoms with E-state index in [1.54, 1.807) is 7.11 Å². The average Bonchev–Trinajstić information content (AvgIpc) is 3.32. The third-order valence-electron chi connectivity index (χ3n) is 7.27. The van der Waals surface area contributed by atoms with Crippen LogP contribution in [0.4, 0.5) is 5.69 Å². The fourth-order valence-electron chi connectivity index (χ4n) is 5.13. The maximum atomic E-state index is 13.1. The van der Waals surface area contributed by atoms with Gasteiger partial charge in [-0.25, -0.2) is 10.9 Å². The Balaban J connectivity index is 1.31. The Bertz CT molecular complexity index is 1470. The van der Waals surface area contributed by atoms with E-state index in [-0.39, 0.29) is 43.7 Å². The highest BCUT2D eigenvalue weighted by Crippen LogP contribution is 2.36. The number of fused-ring (bicyclic) bond motifs is 3. The summed E-state index contributed by atoms with van der Waals surface area (Å²) in [5.74, 6) is 0.155.